The molecule has 1 fully saturated rings. The topological polar surface area (TPSA) is 29.3 Å². The second-order valence-corrected chi connectivity index (χ2v) is 6.09. The molecular weight excluding hydrogens is 232 g/mol. The highest BCUT2D eigenvalue weighted by Gasteiger charge is 2.36. The van der Waals surface area contributed by atoms with Crippen LogP contribution in [0.3, 0.4) is 0 Å². The maximum atomic E-state index is 6.17. The first-order chi connectivity index (χ1) is 9.13. The van der Waals surface area contributed by atoms with Gasteiger partial charge < -0.3 is 10.6 Å². The molecule has 0 spiro atoms. The fourth-order valence-corrected chi connectivity index (χ4v) is 3.40. The van der Waals surface area contributed by atoms with Gasteiger partial charge in [-0.3, -0.25) is 0 Å². The first kappa shape index (κ1) is 14.5. The van der Waals surface area contributed by atoms with E-state index < -0.39 is 0 Å². The third-order valence-corrected chi connectivity index (χ3v) is 5.08. The minimum Gasteiger partial charge on any atom is -0.330 e. The molecule has 2 N–H and O–H groups in total. The van der Waals surface area contributed by atoms with Gasteiger partial charge in [-0.2, -0.15) is 0 Å². The molecule has 1 aliphatic heterocycles. The molecule has 2 heteroatoms. The Morgan fingerprint density at radius 1 is 1.26 bits per heavy atom. The van der Waals surface area contributed by atoms with Crippen LogP contribution in [0.15, 0.2) is 24.3 Å². The van der Waals surface area contributed by atoms with Gasteiger partial charge in [-0.1, -0.05) is 31.2 Å². The molecule has 1 aliphatic rings. The molecule has 1 heterocycles. The van der Waals surface area contributed by atoms with Crippen LogP contribution in [0.5, 0.6) is 0 Å². The molecule has 1 aromatic carbocycles. The lowest BCUT2D eigenvalue weighted by Gasteiger charge is -2.44. The van der Waals surface area contributed by atoms with E-state index >= 15 is 0 Å². The summed E-state index contributed by atoms with van der Waals surface area (Å²) in [5.41, 5.74) is 9.25. The van der Waals surface area contributed by atoms with Gasteiger partial charge in [-0.05, 0) is 57.3 Å². The van der Waals surface area contributed by atoms with Crippen molar-refractivity contribution in [1.82, 2.24) is 4.90 Å². The van der Waals surface area contributed by atoms with E-state index in [0.717, 1.165) is 6.54 Å². The summed E-state index contributed by atoms with van der Waals surface area (Å²) in [5, 5.41) is 0. The number of hydrogen-bond acceptors (Lipinski definition) is 2. The molecule has 1 unspecified atom stereocenters. The Labute approximate surface area is 118 Å². The molecule has 2 rings (SSSR count). The van der Waals surface area contributed by atoms with Crippen LogP contribution in [-0.4, -0.2) is 30.6 Å². The normalized spacial score (nSPS) is 21.3. The van der Waals surface area contributed by atoms with Gasteiger partial charge in [0.1, 0.15) is 0 Å². The average molecular weight is 260 g/mol. The predicted octanol–water partition coefficient (Wildman–Crippen LogP) is 3.09. The van der Waals surface area contributed by atoms with Crippen LogP contribution in [0.25, 0.3) is 0 Å². The second kappa shape index (κ2) is 6.06. The smallest absolute Gasteiger partial charge is 0.0102 e. The van der Waals surface area contributed by atoms with Crippen LogP contribution >= 0.6 is 0 Å². The summed E-state index contributed by atoms with van der Waals surface area (Å²) in [6.45, 7) is 9.96. The van der Waals surface area contributed by atoms with Crippen LogP contribution in [0.2, 0.25) is 0 Å². The molecule has 106 valence electrons. The summed E-state index contributed by atoms with van der Waals surface area (Å²) >= 11 is 0. The van der Waals surface area contributed by atoms with E-state index in [1.54, 1.807) is 0 Å². The molecule has 0 aliphatic carbocycles. The fourth-order valence-electron chi connectivity index (χ4n) is 3.40. The minimum atomic E-state index is 0.204. The predicted molar refractivity (Wildman–Crippen MR) is 82.5 cm³/mol. The van der Waals surface area contributed by atoms with Crippen molar-refractivity contribution in [1.29, 1.82) is 0 Å². The summed E-state index contributed by atoms with van der Waals surface area (Å²) in [5.74, 6) is 0. The summed E-state index contributed by atoms with van der Waals surface area (Å²) < 4.78 is 0. The van der Waals surface area contributed by atoms with Crippen molar-refractivity contribution in [2.75, 3.05) is 19.6 Å². The molecule has 0 aromatic heterocycles. The Balaban J connectivity index is 2.17. The highest BCUT2D eigenvalue weighted by molar-refractivity contribution is 5.34. The lowest BCUT2D eigenvalue weighted by molar-refractivity contribution is 0.122. The lowest BCUT2D eigenvalue weighted by atomic mass is 9.71. The second-order valence-electron chi connectivity index (χ2n) is 6.09. The Kier molecular flexibility index (Phi) is 4.64. The Hall–Kier alpha value is -0.860. The molecular formula is C17H28N2. The number of aryl methyl sites for hydroxylation is 1. The van der Waals surface area contributed by atoms with Gasteiger partial charge in [0, 0.05) is 18.0 Å². The number of nitrogens with zero attached hydrogens (tertiary/aromatic N) is 1. The van der Waals surface area contributed by atoms with E-state index in [9.17, 15) is 0 Å². The van der Waals surface area contributed by atoms with Crippen LogP contribution < -0.4 is 5.73 Å². The first-order valence-corrected chi connectivity index (χ1v) is 7.63. The zero-order chi connectivity index (χ0) is 13.9. The van der Waals surface area contributed by atoms with Crippen molar-refractivity contribution in [2.24, 2.45) is 5.73 Å². The quantitative estimate of drug-likeness (QED) is 0.901. The average Bonchev–Trinajstić information content (AvgIpc) is 2.47. The zero-order valence-corrected chi connectivity index (χ0v) is 12.7. The van der Waals surface area contributed by atoms with Gasteiger partial charge in [0.2, 0.25) is 0 Å². The highest BCUT2D eigenvalue weighted by Crippen LogP contribution is 2.36. The van der Waals surface area contributed by atoms with Crippen molar-refractivity contribution in [3.8, 4) is 0 Å². The van der Waals surface area contributed by atoms with Crippen molar-refractivity contribution < 1.29 is 0 Å². The maximum absolute atomic E-state index is 6.17. The van der Waals surface area contributed by atoms with Crippen LogP contribution in [0.4, 0.5) is 0 Å². The zero-order valence-electron chi connectivity index (χ0n) is 12.7. The molecule has 0 amide bonds. The minimum absolute atomic E-state index is 0.204. The third kappa shape index (κ3) is 2.85. The van der Waals surface area contributed by atoms with Gasteiger partial charge >= 0.3 is 0 Å². The Bertz CT molecular complexity index is 405. The van der Waals surface area contributed by atoms with Crippen LogP contribution in [0.1, 0.15) is 44.2 Å². The van der Waals surface area contributed by atoms with Gasteiger partial charge in [-0.15, -0.1) is 0 Å². The molecule has 1 aromatic rings. The Morgan fingerprint density at radius 2 is 1.89 bits per heavy atom. The highest BCUT2D eigenvalue weighted by atomic mass is 15.2. The van der Waals surface area contributed by atoms with Crippen molar-refractivity contribution in [3.63, 3.8) is 0 Å². The van der Waals surface area contributed by atoms with Crippen molar-refractivity contribution >= 4 is 0 Å². The summed E-state index contributed by atoms with van der Waals surface area (Å²) in [6.07, 6.45) is 3.62. The molecule has 1 atom stereocenters. The standard InChI is InChI=1S/C17H28N2/c1-4-15(3)19-11-9-17(13-18,10-12-19)16-8-6-5-7-14(16)2/h5-8,15H,4,9-13,18H2,1-3H3. The largest absolute Gasteiger partial charge is 0.330 e. The van der Waals surface area contributed by atoms with Crippen LogP contribution in [-0.2, 0) is 5.41 Å². The van der Waals surface area contributed by atoms with Gasteiger partial charge in [-0.25, -0.2) is 0 Å². The maximum Gasteiger partial charge on any atom is 0.0102 e. The molecule has 2 nitrogen and oxygen atoms in total. The lowest BCUT2D eigenvalue weighted by Crippen LogP contribution is -2.49. The number of likely N-dealkylation sites (tertiary alicyclic amines) is 1. The third-order valence-electron chi connectivity index (χ3n) is 5.08. The van der Waals surface area contributed by atoms with E-state index in [4.69, 9.17) is 5.73 Å². The summed E-state index contributed by atoms with van der Waals surface area (Å²) in [7, 11) is 0. The van der Waals surface area contributed by atoms with Gasteiger partial charge in [0.05, 0.1) is 0 Å². The first-order valence-electron chi connectivity index (χ1n) is 7.63. The summed E-state index contributed by atoms with van der Waals surface area (Å²) in [4.78, 5) is 2.62. The number of benzene rings is 1. The molecule has 1 saturated heterocycles. The van der Waals surface area contributed by atoms with Crippen molar-refractivity contribution in [2.45, 2.75) is 51.5 Å². The molecule has 0 radical (unpaired) electrons. The fraction of sp³-hybridized carbons (Fsp3) is 0.647. The van der Waals surface area contributed by atoms with E-state index in [0.29, 0.717) is 6.04 Å². The number of nitrogens with two attached hydrogens (primary N) is 1. The monoisotopic (exact) mass is 260 g/mol. The number of hydrogen-bond donors (Lipinski definition) is 1. The van der Waals surface area contributed by atoms with Gasteiger partial charge in [0.15, 0.2) is 0 Å². The SMILES string of the molecule is CCC(C)N1CCC(CN)(c2ccccc2C)CC1. The molecule has 0 bridgehead atoms. The molecule has 0 saturated carbocycles. The van der Waals surface area contributed by atoms with Crippen LogP contribution in [0, 0.1) is 6.92 Å². The van der Waals surface area contributed by atoms with E-state index in [1.807, 2.05) is 0 Å². The van der Waals surface area contributed by atoms with Gasteiger partial charge in [0.25, 0.3) is 0 Å². The summed E-state index contributed by atoms with van der Waals surface area (Å²) in [6, 6.07) is 9.47. The Morgan fingerprint density at radius 3 is 2.42 bits per heavy atom. The van der Waals surface area contributed by atoms with Crippen molar-refractivity contribution in [3.05, 3.63) is 35.4 Å². The van der Waals surface area contributed by atoms with E-state index in [1.165, 1.54) is 43.5 Å². The molecule has 19 heavy (non-hydrogen) atoms. The number of rotatable bonds is 4. The number of piperidine rings is 1. The van der Waals surface area contributed by atoms with E-state index in [2.05, 4.69) is 49.9 Å². The van der Waals surface area contributed by atoms with E-state index in [-0.39, 0.29) is 5.41 Å².